The maximum Gasteiger partial charge on any atom is 0.341 e. The van der Waals surface area contributed by atoms with Crippen molar-refractivity contribution < 1.29 is 23.8 Å². The summed E-state index contributed by atoms with van der Waals surface area (Å²) in [5.41, 5.74) is -1.71. The Labute approximate surface area is 122 Å². The lowest BCUT2D eigenvalue weighted by molar-refractivity contribution is -0.123. The highest BCUT2D eigenvalue weighted by Crippen LogP contribution is 2.31. The average Bonchev–Trinajstić information content (AvgIpc) is 2.37. The molecule has 2 N–H and O–H groups in total. The fourth-order valence-corrected chi connectivity index (χ4v) is 1.43. The summed E-state index contributed by atoms with van der Waals surface area (Å²) in [5.74, 6) is -0.724. The van der Waals surface area contributed by atoms with Crippen molar-refractivity contribution in [1.82, 2.24) is 0 Å². The van der Waals surface area contributed by atoms with Crippen molar-refractivity contribution in [3.8, 4) is 18.1 Å². The third kappa shape index (κ3) is 3.96. The number of carboxylic acid groups (broad SMARTS) is 1. The van der Waals surface area contributed by atoms with Crippen molar-refractivity contribution in [2.24, 2.45) is 5.41 Å². The predicted octanol–water partition coefficient (Wildman–Crippen LogP) is 2.52. The van der Waals surface area contributed by atoms with Gasteiger partial charge in [-0.15, -0.1) is 6.42 Å². The molecule has 0 radical (unpaired) electrons. The lowest BCUT2D eigenvalue weighted by atomic mass is 9.95. The zero-order valence-corrected chi connectivity index (χ0v) is 12.0. The molecule has 0 spiro atoms. The zero-order valence-electron chi connectivity index (χ0n) is 12.0. The molecule has 0 saturated heterocycles. The van der Waals surface area contributed by atoms with E-state index in [-0.39, 0.29) is 12.4 Å². The van der Waals surface area contributed by atoms with Gasteiger partial charge in [0.1, 0.15) is 23.7 Å². The molecule has 1 rings (SSSR count). The van der Waals surface area contributed by atoms with Gasteiger partial charge in [0.05, 0.1) is 5.69 Å². The number of carbonyl (C=O) groups is 2. The Hall–Kier alpha value is -2.55. The molecule has 0 aliphatic carbocycles. The van der Waals surface area contributed by atoms with E-state index in [1.54, 1.807) is 20.8 Å². The molecule has 1 aromatic rings. The van der Waals surface area contributed by atoms with Crippen LogP contribution in [0.25, 0.3) is 0 Å². The number of terminal acetylenes is 1. The van der Waals surface area contributed by atoms with Crippen LogP contribution in [0.4, 0.5) is 10.1 Å². The van der Waals surface area contributed by atoms with Gasteiger partial charge in [-0.1, -0.05) is 26.7 Å². The summed E-state index contributed by atoms with van der Waals surface area (Å²) in [5, 5.41) is 11.5. The quantitative estimate of drug-likeness (QED) is 0.836. The Morgan fingerprint density at radius 3 is 2.52 bits per heavy atom. The smallest absolute Gasteiger partial charge is 0.341 e. The van der Waals surface area contributed by atoms with Gasteiger partial charge in [0.25, 0.3) is 0 Å². The Morgan fingerprint density at radius 2 is 2.05 bits per heavy atom. The van der Waals surface area contributed by atoms with Gasteiger partial charge in [0, 0.05) is 5.41 Å². The second kappa shape index (κ2) is 6.27. The SMILES string of the molecule is C#CCOc1ccc(F)c(NC(=O)C(C)(C)C)c1C(=O)O. The zero-order chi connectivity index (χ0) is 16.2. The van der Waals surface area contributed by atoms with Gasteiger partial charge in [-0.05, 0) is 12.1 Å². The highest BCUT2D eigenvalue weighted by atomic mass is 19.1. The van der Waals surface area contributed by atoms with Crippen LogP contribution in [0.1, 0.15) is 31.1 Å². The van der Waals surface area contributed by atoms with E-state index in [9.17, 15) is 19.1 Å². The molecule has 112 valence electrons. The van der Waals surface area contributed by atoms with Gasteiger partial charge in [0.15, 0.2) is 0 Å². The van der Waals surface area contributed by atoms with Crippen molar-refractivity contribution in [2.75, 3.05) is 11.9 Å². The highest BCUT2D eigenvalue weighted by Gasteiger charge is 2.27. The molecule has 1 amide bonds. The predicted molar refractivity (Wildman–Crippen MR) is 75.8 cm³/mol. The summed E-state index contributed by atoms with van der Waals surface area (Å²) >= 11 is 0. The molecule has 0 aliphatic rings. The number of nitrogens with one attached hydrogen (secondary N) is 1. The minimum Gasteiger partial charge on any atom is -0.480 e. The van der Waals surface area contributed by atoms with Crippen LogP contribution in [-0.4, -0.2) is 23.6 Å². The number of aromatic carboxylic acids is 1. The van der Waals surface area contributed by atoms with Crippen LogP contribution in [0.2, 0.25) is 0 Å². The molecule has 0 heterocycles. The Balaban J connectivity index is 3.32. The molecule has 0 aromatic heterocycles. The second-order valence-electron chi connectivity index (χ2n) is 5.30. The number of carboxylic acids is 1. The van der Waals surface area contributed by atoms with E-state index < -0.39 is 34.4 Å². The maximum atomic E-state index is 13.9. The van der Waals surface area contributed by atoms with Crippen LogP contribution in [-0.2, 0) is 4.79 Å². The summed E-state index contributed by atoms with van der Waals surface area (Å²) in [7, 11) is 0. The number of benzene rings is 1. The lowest BCUT2D eigenvalue weighted by Crippen LogP contribution is -2.29. The number of ether oxygens (including phenoxy) is 1. The maximum absolute atomic E-state index is 13.9. The van der Waals surface area contributed by atoms with Gasteiger partial charge >= 0.3 is 5.97 Å². The highest BCUT2D eigenvalue weighted by molar-refractivity contribution is 6.04. The number of anilines is 1. The summed E-state index contributed by atoms with van der Waals surface area (Å²) in [6.07, 6.45) is 5.04. The molecule has 0 bridgehead atoms. The van der Waals surface area contributed by atoms with E-state index in [4.69, 9.17) is 11.2 Å². The topological polar surface area (TPSA) is 75.6 Å². The third-order valence-electron chi connectivity index (χ3n) is 2.56. The number of rotatable bonds is 4. The summed E-state index contributed by atoms with van der Waals surface area (Å²) in [6.45, 7) is 4.71. The van der Waals surface area contributed by atoms with Crippen molar-refractivity contribution in [1.29, 1.82) is 0 Å². The first-order valence-electron chi connectivity index (χ1n) is 6.12. The van der Waals surface area contributed by atoms with Crippen molar-refractivity contribution in [3.63, 3.8) is 0 Å². The van der Waals surface area contributed by atoms with E-state index >= 15 is 0 Å². The van der Waals surface area contributed by atoms with E-state index in [0.717, 1.165) is 12.1 Å². The third-order valence-corrected chi connectivity index (χ3v) is 2.56. The van der Waals surface area contributed by atoms with E-state index in [2.05, 4.69) is 11.2 Å². The number of hydrogen-bond acceptors (Lipinski definition) is 3. The monoisotopic (exact) mass is 293 g/mol. The molecule has 0 fully saturated rings. The number of carbonyl (C=O) groups excluding carboxylic acids is 1. The van der Waals surface area contributed by atoms with Crippen molar-refractivity contribution in [2.45, 2.75) is 20.8 Å². The van der Waals surface area contributed by atoms with Gasteiger partial charge in [-0.2, -0.15) is 0 Å². The fourth-order valence-electron chi connectivity index (χ4n) is 1.43. The van der Waals surface area contributed by atoms with E-state index in [0.29, 0.717) is 0 Å². The Morgan fingerprint density at radius 1 is 1.43 bits per heavy atom. The molecule has 1 aromatic carbocycles. The molecule has 0 unspecified atom stereocenters. The summed E-state index contributed by atoms with van der Waals surface area (Å²) < 4.78 is 19.0. The molecule has 0 saturated carbocycles. The van der Waals surface area contributed by atoms with E-state index in [1.807, 2.05) is 0 Å². The van der Waals surface area contributed by atoms with E-state index in [1.165, 1.54) is 0 Å². The second-order valence-corrected chi connectivity index (χ2v) is 5.30. The van der Waals surface area contributed by atoms with Gasteiger partial charge in [0.2, 0.25) is 5.91 Å². The standard InChI is InChI=1S/C15H16FNO4/c1-5-8-21-10-7-6-9(16)12(11(10)13(18)19)17-14(20)15(2,3)4/h1,6-7H,8H2,2-4H3,(H,17,20)(H,18,19). The fraction of sp³-hybridized carbons (Fsp3) is 0.333. The van der Waals surface area contributed by atoms with Gasteiger partial charge < -0.3 is 15.2 Å². The molecular formula is C15H16FNO4. The Bertz CT molecular complexity index is 611. The van der Waals surface area contributed by atoms with Crippen LogP contribution in [0, 0.1) is 23.6 Å². The van der Waals surface area contributed by atoms with Crippen LogP contribution in [0.5, 0.6) is 5.75 Å². The normalized spacial score (nSPS) is 10.6. The average molecular weight is 293 g/mol. The molecule has 21 heavy (non-hydrogen) atoms. The number of amides is 1. The van der Waals surface area contributed by atoms with Crippen molar-refractivity contribution in [3.05, 3.63) is 23.5 Å². The minimum atomic E-state index is -1.43. The minimum absolute atomic E-state index is 0.106. The van der Waals surface area contributed by atoms with Gasteiger partial charge in [-0.25, -0.2) is 9.18 Å². The largest absolute Gasteiger partial charge is 0.480 e. The molecule has 5 nitrogen and oxygen atoms in total. The molecule has 6 heteroatoms. The van der Waals surface area contributed by atoms with Gasteiger partial charge in [-0.3, -0.25) is 4.79 Å². The summed E-state index contributed by atoms with van der Waals surface area (Å²) in [4.78, 5) is 23.3. The van der Waals surface area contributed by atoms with Crippen LogP contribution in [0.3, 0.4) is 0 Å². The van der Waals surface area contributed by atoms with Crippen LogP contribution >= 0.6 is 0 Å². The first kappa shape index (κ1) is 16.5. The molecule has 0 atom stereocenters. The number of halogens is 1. The van der Waals surface area contributed by atoms with Crippen LogP contribution < -0.4 is 10.1 Å². The number of hydrogen-bond donors (Lipinski definition) is 2. The van der Waals surface area contributed by atoms with Crippen molar-refractivity contribution >= 4 is 17.6 Å². The van der Waals surface area contributed by atoms with Crippen LogP contribution in [0.15, 0.2) is 12.1 Å². The first-order valence-corrected chi connectivity index (χ1v) is 6.12. The lowest BCUT2D eigenvalue weighted by Gasteiger charge is -2.20. The molecular weight excluding hydrogens is 277 g/mol. The Kier molecular flexibility index (Phi) is 4.93. The molecule has 0 aliphatic heterocycles. The summed E-state index contributed by atoms with van der Waals surface area (Å²) in [6, 6.07) is 2.17. The first-order chi connectivity index (χ1) is 9.68.